The summed E-state index contributed by atoms with van der Waals surface area (Å²) in [5.41, 5.74) is 0.706. The van der Waals surface area contributed by atoms with Gasteiger partial charge >= 0.3 is 5.97 Å². The van der Waals surface area contributed by atoms with Gasteiger partial charge in [-0.05, 0) is 24.4 Å². The Morgan fingerprint density at radius 2 is 2.42 bits per heavy atom. The van der Waals surface area contributed by atoms with Crippen molar-refractivity contribution in [1.82, 2.24) is 0 Å². The topological polar surface area (TPSA) is 26.3 Å². The van der Waals surface area contributed by atoms with Crippen LogP contribution in [0.15, 0.2) is 23.6 Å². The second-order valence-electron chi connectivity index (χ2n) is 2.67. The van der Waals surface area contributed by atoms with Gasteiger partial charge in [-0.15, -0.1) is 11.3 Å². The van der Waals surface area contributed by atoms with Crippen molar-refractivity contribution < 1.29 is 9.53 Å². The number of cyclic esters (lactones) is 1. The molecule has 1 atom stereocenters. The molecular formula is C9H8O2S. The summed E-state index contributed by atoms with van der Waals surface area (Å²) >= 11 is 1.56. The molecule has 0 aliphatic carbocycles. The molecule has 0 radical (unpaired) electrons. The van der Waals surface area contributed by atoms with E-state index < -0.39 is 0 Å². The number of thiophene rings is 1. The van der Waals surface area contributed by atoms with Gasteiger partial charge < -0.3 is 4.74 Å². The van der Waals surface area contributed by atoms with Gasteiger partial charge in [0.1, 0.15) is 6.10 Å². The van der Waals surface area contributed by atoms with Crippen LogP contribution in [0.1, 0.15) is 11.8 Å². The van der Waals surface area contributed by atoms with Crippen LogP contribution in [0.25, 0.3) is 5.57 Å². The van der Waals surface area contributed by atoms with Gasteiger partial charge in [-0.25, -0.2) is 4.79 Å². The molecule has 1 aromatic heterocycles. The van der Waals surface area contributed by atoms with Crippen LogP contribution >= 0.6 is 11.3 Å². The SMILES string of the molecule is CC1C=C(c2cccs2)C(=O)O1. The maximum atomic E-state index is 11.2. The standard InChI is InChI=1S/C9H8O2S/c1-6-5-7(9(10)11-6)8-3-2-4-12-8/h2-6H,1H3. The van der Waals surface area contributed by atoms with Crippen molar-refractivity contribution in [2.24, 2.45) is 0 Å². The Hall–Kier alpha value is -1.09. The van der Waals surface area contributed by atoms with E-state index in [2.05, 4.69) is 0 Å². The highest BCUT2D eigenvalue weighted by atomic mass is 32.1. The molecule has 1 aliphatic heterocycles. The van der Waals surface area contributed by atoms with Crippen molar-refractivity contribution in [2.45, 2.75) is 13.0 Å². The Bertz CT molecular complexity index is 324. The van der Waals surface area contributed by atoms with E-state index in [1.807, 2.05) is 30.5 Å². The molecule has 2 rings (SSSR count). The molecule has 0 saturated heterocycles. The van der Waals surface area contributed by atoms with E-state index in [0.717, 1.165) is 4.88 Å². The van der Waals surface area contributed by atoms with E-state index >= 15 is 0 Å². The lowest BCUT2D eigenvalue weighted by Crippen LogP contribution is -2.02. The molecule has 1 unspecified atom stereocenters. The van der Waals surface area contributed by atoms with E-state index in [4.69, 9.17) is 4.74 Å². The first-order valence-corrected chi connectivity index (χ1v) is 4.62. The van der Waals surface area contributed by atoms with Gasteiger partial charge in [-0.2, -0.15) is 0 Å². The van der Waals surface area contributed by atoms with Crippen molar-refractivity contribution in [2.75, 3.05) is 0 Å². The average molecular weight is 180 g/mol. The number of rotatable bonds is 1. The Morgan fingerprint density at radius 1 is 1.58 bits per heavy atom. The lowest BCUT2D eigenvalue weighted by Gasteiger charge is -1.97. The first-order chi connectivity index (χ1) is 5.77. The fraction of sp³-hybridized carbons (Fsp3) is 0.222. The Labute approximate surface area is 74.5 Å². The molecular weight excluding hydrogens is 172 g/mol. The van der Waals surface area contributed by atoms with Gasteiger partial charge in [0.25, 0.3) is 0 Å². The molecule has 0 saturated carbocycles. The minimum Gasteiger partial charge on any atom is -0.455 e. The normalized spacial score (nSPS) is 22.2. The third-order valence-electron chi connectivity index (χ3n) is 1.70. The first kappa shape index (κ1) is 7.55. The van der Waals surface area contributed by atoms with Gasteiger partial charge in [-0.1, -0.05) is 6.07 Å². The summed E-state index contributed by atoms with van der Waals surface area (Å²) in [4.78, 5) is 12.2. The first-order valence-electron chi connectivity index (χ1n) is 3.74. The summed E-state index contributed by atoms with van der Waals surface area (Å²) in [7, 11) is 0. The highest BCUT2D eigenvalue weighted by molar-refractivity contribution is 7.11. The molecule has 0 fully saturated rings. The molecule has 0 bridgehead atoms. The lowest BCUT2D eigenvalue weighted by atomic mass is 10.2. The molecule has 0 spiro atoms. The van der Waals surface area contributed by atoms with Crippen molar-refractivity contribution >= 4 is 22.9 Å². The Kier molecular flexibility index (Phi) is 1.73. The summed E-state index contributed by atoms with van der Waals surface area (Å²) in [6.07, 6.45) is 1.78. The van der Waals surface area contributed by atoms with Crippen LogP contribution in [-0.4, -0.2) is 12.1 Å². The third kappa shape index (κ3) is 1.16. The zero-order valence-corrected chi connectivity index (χ0v) is 7.43. The maximum absolute atomic E-state index is 11.2. The maximum Gasteiger partial charge on any atom is 0.339 e. The quantitative estimate of drug-likeness (QED) is 0.618. The van der Waals surface area contributed by atoms with Crippen molar-refractivity contribution in [3.8, 4) is 0 Å². The third-order valence-corrected chi connectivity index (χ3v) is 2.60. The predicted octanol–water partition coefficient (Wildman–Crippen LogP) is 2.08. The van der Waals surface area contributed by atoms with Crippen LogP contribution in [0.5, 0.6) is 0 Å². The fourth-order valence-corrected chi connectivity index (χ4v) is 1.92. The van der Waals surface area contributed by atoms with E-state index in [9.17, 15) is 4.79 Å². The monoisotopic (exact) mass is 180 g/mol. The Balaban J connectivity index is 2.36. The summed E-state index contributed by atoms with van der Waals surface area (Å²) < 4.78 is 4.97. The average Bonchev–Trinajstić information content (AvgIpc) is 2.58. The Morgan fingerprint density at radius 3 is 2.92 bits per heavy atom. The van der Waals surface area contributed by atoms with Gasteiger partial charge in [0.05, 0.1) is 5.57 Å². The molecule has 62 valence electrons. The lowest BCUT2D eigenvalue weighted by molar-refractivity contribution is -0.137. The smallest absolute Gasteiger partial charge is 0.339 e. The molecule has 0 N–H and O–H groups in total. The van der Waals surface area contributed by atoms with Crippen LogP contribution in [0.2, 0.25) is 0 Å². The van der Waals surface area contributed by atoms with Gasteiger partial charge in [0, 0.05) is 4.88 Å². The van der Waals surface area contributed by atoms with Crippen LogP contribution in [0.3, 0.4) is 0 Å². The summed E-state index contributed by atoms with van der Waals surface area (Å²) in [5, 5.41) is 1.95. The molecule has 2 nitrogen and oxygen atoms in total. The van der Waals surface area contributed by atoms with Crippen LogP contribution in [0.4, 0.5) is 0 Å². The zero-order chi connectivity index (χ0) is 8.55. The fourth-order valence-electron chi connectivity index (χ4n) is 1.18. The van der Waals surface area contributed by atoms with Crippen molar-refractivity contribution in [3.05, 3.63) is 28.5 Å². The largest absolute Gasteiger partial charge is 0.455 e. The number of hydrogen-bond acceptors (Lipinski definition) is 3. The van der Waals surface area contributed by atoms with Crippen LogP contribution < -0.4 is 0 Å². The summed E-state index contributed by atoms with van der Waals surface area (Å²) in [6, 6.07) is 3.85. The second kappa shape index (κ2) is 2.75. The van der Waals surface area contributed by atoms with E-state index in [1.165, 1.54) is 0 Å². The molecule has 2 heterocycles. The minimum absolute atomic E-state index is 0.0744. The summed E-state index contributed by atoms with van der Waals surface area (Å²) in [6.45, 7) is 1.86. The van der Waals surface area contributed by atoms with Crippen molar-refractivity contribution in [1.29, 1.82) is 0 Å². The zero-order valence-electron chi connectivity index (χ0n) is 6.61. The minimum atomic E-state index is -0.204. The number of esters is 1. The molecule has 1 aromatic rings. The molecule has 12 heavy (non-hydrogen) atoms. The van der Waals surface area contributed by atoms with E-state index in [0.29, 0.717) is 5.57 Å². The molecule has 1 aliphatic rings. The summed E-state index contributed by atoms with van der Waals surface area (Å²) in [5.74, 6) is -0.204. The number of carbonyl (C=O) groups excluding carboxylic acids is 1. The van der Waals surface area contributed by atoms with Crippen LogP contribution in [0, 0.1) is 0 Å². The molecule has 3 heteroatoms. The van der Waals surface area contributed by atoms with Crippen molar-refractivity contribution in [3.63, 3.8) is 0 Å². The highest BCUT2D eigenvalue weighted by Gasteiger charge is 2.23. The number of ether oxygens (including phenoxy) is 1. The second-order valence-corrected chi connectivity index (χ2v) is 3.62. The highest BCUT2D eigenvalue weighted by Crippen LogP contribution is 2.26. The van der Waals surface area contributed by atoms with E-state index in [1.54, 1.807) is 11.3 Å². The predicted molar refractivity (Wildman–Crippen MR) is 47.9 cm³/mol. The van der Waals surface area contributed by atoms with Gasteiger partial charge in [0.15, 0.2) is 0 Å². The van der Waals surface area contributed by atoms with Crippen LogP contribution in [-0.2, 0) is 9.53 Å². The number of hydrogen-bond donors (Lipinski definition) is 0. The number of carbonyl (C=O) groups is 1. The van der Waals surface area contributed by atoms with E-state index in [-0.39, 0.29) is 12.1 Å². The van der Waals surface area contributed by atoms with Gasteiger partial charge in [-0.3, -0.25) is 0 Å². The molecule has 0 aromatic carbocycles. The molecule has 0 amide bonds. The van der Waals surface area contributed by atoms with Gasteiger partial charge in [0.2, 0.25) is 0 Å².